The van der Waals surface area contributed by atoms with E-state index in [0.29, 0.717) is 16.6 Å². The molecule has 0 saturated carbocycles. The van der Waals surface area contributed by atoms with Crippen molar-refractivity contribution in [1.82, 2.24) is 14.9 Å². The molecule has 0 radical (unpaired) electrons. The lowest BCUT2D eigenvalue weighted by Crippen LogP contribution is -2.33. The first-order valence-corrected chi connectivity index (χ1v) is 14.3. The van der Waals surface area contributed by atoms with Crippen molar-refractivity contribution in [2.24, 2.45) is 0 Å². The van der Waals surface area contributed by atoms with E-state index in [9.17, 15) is 30.8 Å². The summed E-state index contributed by atoms with van der Waals surface area (Å²) in [5.41, 5.74) is 1.69. The maximum atomic E-state index is 14.3. The lowest BCUT2D eigenvalue weighted by molar-refractivity contribution is -0.122. The number of nitrogens with zero attached hydrogens (tertiary/aromatic N) is 2. The summed E-state index contributed by atoms with van der Waals surface area (Å²) in [6.45, 7) is -0.197. The van der Waals surface area contributed by atoms with Crippen LogP contribution in [0.25, 0.3) is 22.0 Å². The number of nitrogens with one attached hydrogen (secondary N) is 1. The van der Waals surface area contributed by atoms with Gasteiger partial charge in [-0.1, -0.05) is 12.1 Å². The first kappa shape index (κ1) is 28.0. The Bertz CT molecular complexity index is 1870. The molecule has 5 aromatic rings. The van der Waals surface area contributed by atoms with Crippen LogP contribution in [0.5, 0.6) is 0 Å². The standard InChI is InChI=1S/C30H23F4N3O3S/c1-41(39,40)28-14-20(5-7-25(28)34)24-3-2-9-35-30(24)26(13-18-11-22(32)15-23(33)12-18)36-29(38)17-37-10-8-19-4-6-21(31)16-27(19)37/h2-12,14-16,26H,13,17H2,1H3,(H,36,38)/t26-/m0/s1. The number of fused-ring (bicyclic) bond motifs is 1. The number of rotatable bonds is 8. The summed E-state index contributed by atoms with van der Waals surface area (Å²) in [7, 11) is -3.90. The van der Waals surface area contributed by atoms with E-state index in [4.69, 9.17) is 0 Å². The van der Waals surface area contributed by atoms with E-state index in [1.807, 2.05) is 0 Å². The summed E-state index contributed by atoms with van der Waals surface area (Å²) in [5.74, 6) is -3.49. The number of carbonyl (C=O) groups is 1. The number of amides is 1. The van der Waals surface area contributed by atoms with Gasteiger partial charge in [-0.3, -0.25) is 9.78 Å². The molecule has 41 heavy (non-hydrogen) atoms. The van der Waals surface area contributed by atoms with Crippen molar-refractivity contribution >= 4 is 26.6 Å². The second kappa shape index (κ2) is 11.2. The van der Waals surface area contributed by atoms with Gasteiger partial charge in [0.15, 0.2) is 9.84 Å². The van der Waals surface area contributed by atoms with Gasteiger partial charge in [-0.15, -0.1) is 0 Å². The van der Waals surface area contributed by atoms with Gasteiger partial charge in [0, 0.05) is 30.3 Å². The minimum absolute atomic E-state index is 0.0778. The number of hydrogen-bond acceptors (Lipinski definition) is 4. The van der Waals surface area contributed by atoms with Crippen molar-refractivity contribution in [3.05, 3.63) is 120 Å². The predicted molar refractivity (Wildman–Crippen MR) is 146 cm³/mol. The average Bonchev–Trinajstić information content (AvgIpc) is 3.29. The molecule has 0 bridgehead atoms. The molecule has 0 spiro atoms. The Labute approximate surface area is 233 Å². The number of carbonyl (C=O) groups excluding carboxylic acids is 1. The summed E-state index contributed by atoms with van der Waals surface area (Å²) in [5, 5.41) is 3.58. The molecule has 0 saturated heterocycles. The van der Waals surface area contributed by atoms with Crippen molar-refractivity contribution < 1.29 is 30.8 Å². The van der Waals surface area contributed by atoms with Crippen LogP contribution < -0.4 is 5.32 Å². The maximum Gasteiger partial charge on any atom is 0.240 e. The third-order valence-corrected chi connectivity index (χ3v) is 7.67. The monoisotopic (exact) mass is 581 g/mol. The van der Waals surface area contributed by atoms with Crippen LogP contribution >= 0.6 is 0 Å². The number of pyridine rings is 1. The third kappa shape index (κ3) is 6.30. The fraction of sp³-hybridized carbons (Fsp3) is 0.133. The van der Waals surface area contributed by atoms with E-state index < -0.39 is 50.0 Å². The number of aromatic nitrogens is 2. The number of sulfone groups is 1. The van der Waals surface area contributed by atoms with Crippen LogP contribution in [0.4, 0.5) is 17.6 Å². The fourth-order valence-electron chi connectivity index (χ4n) is 4.76. The zero-order valence-corrected chi connectivity index (χ0v) is 22.4. The molecule has 0 aliphatic carbocycles. The summed E-state index contributed by atoms with van der Waals surface area (Å²) in [6, 6.07) is 14.8. The highest BCUT2D eigenvalue weighted by atomic mass is 32.2. The summed E-state index contributed by atoms with van der Waals surface area (Å²) in [6.07, 6.45) is 3.90. The van der Waals surface area contributed by atoms with Gasteiger partial charge in [0.25, 0.3) is 0 Å². The normalized spacial score (nSPS) is 12.4. The lowest BCUT2D eigenvalue weighted by Gasteiger charge is -2.22. The van der Waals surface area contributed by atoms with Crippen LogP contribution in [0.15, 0.2) is 90.1 Å². The summed E-state index contributed by atoms with van der Waals surface area (Å²) >= 11 is 0. The molecule has 1 N–H and O–H groups in total. The van der Waals surface area contributed by atoms with Gasteiger partial charge in [0.2, 0.25) is 5.91 Å². The molecule has 210 valence electrons. The van der Waals surface area contributed by atoms with E-state index in [-0.39, 0.29) is 24.2 Å². The molecular formula is C30H23F4N3O3S. The second-order valence-electron chi connectivity index (χ2n) is 9.60. The molecule has 2 aromatic heterocycles. The van der Waals surface area contributed by atoms with E-state index >= 15 is 0 Å². The van der Waals surface area contributed by atoms with E-state index in [0.717, 1.165) is 35.9 Å². The Balaban J connectivity index is 1.55. The van der Waals surface area contributed by atoms with E-state index in [1.165, 1.54) is 30.5 Å². The highest BCUT2D eigenvalue weighted by Gasteiger charge is 2.23. The van der Waals surface area contributed by atoms with Crippen LogP contribution in [-0.4, -0.2) is 30.1 Å². The van der Waals surface area contributed by atoms with Crippen molar-refractivity contribution in [3.8, 4) is 11.1 Å². The Kier molecular flexibility index (Phi) is 7.63. The fourth-order valence-corrected chi connectivity index (χ4v) is 5.53. The van der Waals surface area contributed by atoms with Gasteiger partial charge in [-0.2, -0.15) is 0 Å². The van der Waals surface area contributed by atoms with Crippen molar-refractivity contribution in [2.45, 2.75) is 23.9 Å². The van der Waals surface area contributed by atoms with Crippen LogP contribution in [0.2, 0.25) is 0 Å². The average molecular weight is 582 g/mol. The van der Waals surface area contributed by atoms with Crippen molar-refractivity contribution in [2.75, 3.05) is 6.26 Å². The Morgan fingerprint density at radius 2 is 1.68 bits per heavy atom. The van der Waals surface area contributed by atoms with Gasteiger partial charge in [0.1, 0.15) is 34.7 Å². The predicted octanol–water partition coefficient (Wildman–Crippen LogP) is 5.76. The molecule has 1 atom stereocenters. The number of halogens is 4. The second-order valence-corrected chi connectivity index (χ2v) is 11.6. The van der Waals surface area contributed by atoms with Crippen molar-refractivity contribution in [3.63, 3.8) is 0 Å². The Morgan fingerprint density at radius 1 is 0.927 bits per heavy atom. The molecule has 6 nitrogen and oxygen atoms in total. The zero-order valence-electron chi connectivity index (χ0n) is 21.6. The van der Waals surface area contributed by atoms with Gasteiger partial charge in [-0.25, -0.2) is 26.0 Å². The van der Waals surface area contributed by atoms with Gasteiger partial charge < -0.3 is 9.88 Å². The Morgan fingerprint density at radius 3 is 2.41 bits per heavy atom. The topological polar surface area (TPSA) is 81.1 Å². The van der Waals surface area contributed by atoms with Gasteiger partial charge in [0.05, 0.1) is 17.3 Å². The molecule has 0 aliphatic heterocycles. The molecule has 5 rings (SSSR count). The smallest absolute Gasteiger partial charge is 0.240 e. The molecule has 0 unspecified atom stereocenters. The minimum atomic E-state index is -3.90. The Hall–Kier alpha value is -4.51. The van der Waals surface area contributed by atoms with Crippen LogP contribution in [0.3, 0.4) is 0 Å². The molecular weight excluding hydrogens is 558 g/mol. The van der Waals surface area contributed by atoms with Crippen molar-refractivity contribution in [1.29, 1.82) is 0 Å². The SMILES string of the molecule is CS(=O)(=O)c1cc(-c2cccnc2[C@H](Cc2cc(F)cc(F)c2)NC(=O)Cn2ccc3ccc(F)cc32)ccc1F. The lowest BCUT2D eigenvalue weighted by atomic mass is 9.95. The van der Waals surface area contributed by atoms with Gasteiger partial charge >= 0.3 is 0 Å². The molecule has 2 heterocycles. The number of hydrogen-bond donors (Lipinski definition) is 1. The van der Waals surface area contributed by atoms with Gasteiger partial charge in [-0.05, 0) is 77.5 Å². The first-order valence-electron chi connectivity index (χ1n) is 12.4. The van der Waals surface area contributed by atoms with E-state index in [2.05, 4.69) is 10.3 Å². The maximum absolute atomic E-state index is 14.3. The van der Waals surface area contributed by atoms with Crippen LogP contribution in [-0.2, 0) is 27.6 Å². The molecule has 0 aliphatic rings. The quantitative estimate of drug-likeness (QED) is 0.236. The number of benzene rings is 3. The van der Waals surface area contributed by atoms with E-state index in [1.54, 1.807) is 35.0 Å². The highest BCUT2D eigenvalue weighted by Crippen LogP contribution is 2.31. The van der Waals surface area contributed by atoms with Crippen LogP contribution in [0, 0.1) is 23.3 Å². The van der Waals surface area contributed by atoms with Crippen LogP contribution in [0.1, 0.15) is 17.3 Å². The summed E-state index contributed by atoms with van der Waals surface area (Å²) in [4.78, 5) is 17.2. The zero-order chi connectivity index (χ0) is 29.3. The highest BCUT2D eigenvalue weighted by molar-refractivity contribution is 7.90. The molecule has 1 amide bonds. The largest absolute Gasteiger partial charge is 0.346 e. The molecule has 0 fully saturated rings. The molecule has 11 heteroatoms. The summed E-state index contributed by atoms with van der Waals surface area (Å²) < 4.78 is 82.2. The minimum Gasteiger partial charge on any atom is -0.346 e. The molecule has 3 aromatic carbocycles. The third-order valence-electron chi connectivity index (χ3n) is 6.56. The first-order chi connectivity index (χ1) is 19.5.